The van der Waals surface area contributed by atoms with E-state index in [0.29, 0.717) is 33.9 Å². The van der Waals surface area contributed by atoms with Crippen molar-refractivity contribution < 1.29 is 4.79 Å². The molecule has 0 aromatic carbocycles. The first-order valence-electron chi connectivity index (χ1n) is 5.79. The SMILES string of the molecule is CCn1nc(C)c(N)c1C(=O)Nc1cccnc1Br. The number of amides is 1. The maximum absolute atomic E-state index is 12.3. The number of pyridine rings is 1. The minimum Gasteiger partial charge on any atom is -0.395 e. The summed E-state index contributed by atoms with van der Waals surface area (Å²) in [5, 5.41) is 6.98. The number of rotatable bonds is 3. The Labute approximate surface area is 119 Å². The first-order valence-corrected chi connectivity index (χ1v) is 6.58. The average Bonchev–Trinajstić information content (AvgIpc) is 2.68. The van der Waals surface area contributed by atoms with Crippen LogP contribution in [0, 0.1) is 6.92 Å². The quantitative estimate of drug-likeness (QED) is 0.848. The van der Waals surface area contributed by atoms with Crippen molar-refractivity contribution in [1.82, 2.24) is 14.8 Å². The molecule has 2 heterocycles. The molecule has 2 aromatic heterocycles. The third kappa shape index (κ3) is 2.60. The molecular weight excluding hydrogens is 310 g/mol. The second-order valence-corrected chi connectivity index (χ2v) is 4.71. The van der Waals surface area contributed by atoms with Gasteiger partial charge < -0.3 is 11.1 Å². The number of nitrogens with one attached hydrogen (secondary N) is 1. The number of hydrogen-bond acceptors (Lipinski definition) is 4. The van der Waals surface area contributed by atoms with Gasteiger partial charge in [-0.15, -0.1) is 0 Å². The van der Waals surface area contributed by atoms with Crippen LogP contribution in [-0.4, -0.2) is 20.7 Å². The predicted octanol–water partition coefficient (Wildman–Crippen LogP) is 2.20. The summed E-state index contributed by atoms with van der Waals surface area (Å²) in [6, 6.07) is 3.50. The highest BCUT2D eigenvalue weighted by Crippen LogP contribution is 2.22. The molecule has 7 heteroatoms. The Morgan fingerprint density at radius 1 is 1.58 bits per heavy atom. The first-order chi connectivity index (χ1) is 9.04. The van der Waals surface area contributed by atoms with E-state index in [1.54, 1.807) is 29.9 Å². The summed E-state index contributed by atoms with van der Waals surface area (Å²) in [5.41, 5.74) is 7.91. The van der Waals surface area contributed by atoms with Gasteiger partial charge in [0.2, 0.25) is 0 Å². The lowest BCUT2D eigenvalue weighted by molar-refractivity contribution is 0.101. The molecule has 0 unspecified atom stereocenters. The van der Waals surface area contributed by atoms with Crippen molar-refractivity contribution in [2.24, 2.45) is 0 Å². The fraction of sp³-hybridized carbons (Fsp3) is 0.250. The third-order valence-corrected chi connectivity index (χ3v) is 3.33. The molecule has 6 nitrogen and oxygen atoms in total. The van der Waals surface area contributed by atoms with Gasteiger partial charge in [0.05, 0.1) is 17.1 Å². The van der Waals surface area contributed by atoms with Gasteiger partial charge in [-0.25, -0.2) is 4.98 Å². The van der Waals surface area contributed by atoms with E-state index in [1.165, 1.54) is 0 Å². The fourth-order valence-electron chi connectivity index (χ4n) is 1.72. The Balaban J connectivity index is 2.33. The van der Waals surface area contributed by atoms with Crippen LogP contribution in [0.3, 0.4) is 0 Å². The van der Waals surface area contributed by atoms with E-state index >= 15 is 0 Å². The molecular formula is C12H14BrN5O. The monoisotopic (exact) mass is 323 g/mol. The zero-order chi connectivity index (χ0) is 14.0. The number of aryl methyl sites for hydroxylation is 2. The number of halogens is 1. The minimum atomic E-state index is -0.298. The second-order valence-electron chi connectivity index (χ2n) is 3.96. The van der Waals surface area contributed by atoms with Gasteiger partial charge in [-0.3, -0.25) is 9.48 Å². The summed E-state index contributed by atoms with van der Waals surface area (Å²) in [6.45, 7) is 4.26. The fourth-order valence-corrected chi connectivity index (χ4v) is 2.07. The van der Waals surface area contributed by atoms with E-state index in [-0.39, 0.29) is 5.91 Å². The van der Waals surface area contributed by atoms with Crippen molar-refractivity contribution in [2.75, 3.05) is 11.1 Å². The molecule has 0 aliphatic carbocycles. The van der Waals surface area contributed by atoms with Gasteiger partial charge >= 0.3 is 0 Å². The lowest BCUT2D eigenvalue weighted by Gasteiger charge is -2.08. The Kier molecular flexibility index (Phi) is 3.84. The van der Waals surface area contributed by atoms with E-state index in [4.69, 9.17) is 5.73 Å². The summed E-state index contributed by atoms with van der Waals surface area (Å²) in [5.74, 6) is -0.298. The van der Waals surface area contributed by atoms with Crippen LogP contribution in [0.15, 0.2) is 22.9 Å². The smallest absolute Gasteiger partial charge is 0.276 e. The van der Waals surface area contributed by atoms with E-state index in [0.717, 1.165) is 0 Å². The van der Waals surface area contributed by atoms with Crippen LogP contribution in [0.5, 0.6) is 0 Å². The highest BCUT2D eigenvalue weighted by molar-refractivity contribution is 9.10. The number of hydrogen-bond donors (Lipinski definition) is 2. The molecule has 0 radical (unpaired) electrons. The zero-order valence-electron chi connectivity index (χ0n) is 10.6. The summed E-state index contributed by atoms with van der Waals surface area (Å²) in [7, 11) is 0. The maximum Gasteiger partial charge on any atom is 0.276 e. The topological polar surface area (TPSA) is 85.8 Å². The van der Waals surface area contributed by atoms with Gasteiger partial charge in [0, 0.05) is 12.7 Å². The van der Waals surface area contributed by atoms with Crippen molar-refractivity contribution in [3.05, 3.63) is 34.3 Å². The molecule has 0 atom stereocenters. The molecule has 0 spiro atoms. The van der Waals surface area contributed by atoms with Crippen molar-refractivity contribution in [1.29, 1.82) is 0 Å². The number of carbonyl (C=O) groups excluding carboxylic acids is 1. The standard InChI is InChI=1S/C12H14BrN5O/c1-3-18-10(9(14)7(2)17-18)12(19)16-8-5-4-6-15-11(8)13/h4-6H,3,14H2,1-2H3,(H,16,19). The number of carbonyl (C=O) groups is 1. The summed E-state index contributed by atoms with van der Waals surface area (Å²) in [4.78, 5) is 16.3. The summed E-state index contributed by atoms with van der Waals surface area (Å²) in [6.07, 6.45) is 1.63. The average molecular weight is 324 g/mol. The predicted molar refractivity (Wildman–Crippen MR) is 76.9 cm³/mol. The molecule has 0 aliphatic rings. The van der Waals surface area contributed by atoms with Crippen LogP contribution < -0.4 is 11.1 Å². The van der Waals surface area contributed by atoms with Crippen LogP contribution in [-0.2, 0) is 6.54 Å². The number of nitrogens with zero attached hydrogens (tertiary/aromatic N) is 3. The largest absolute Gasteiger partial charge is 0.395 e. The van der Waals surface area contributed by atoms with Gasteiger partial charge in [-0.1, -0.05) is 0 Å². The number of anilines is 2. The molecule has 19 heavy (non-hydrogen) atoms. The van der Waals surface area contributed by atoms with Gasteiger partial charge in [-0.05, 0) is 41.9 Å². The molecule has 0 aliphatic heterocycles. The van der Waals surface area contributed by atoms with Gasteiger partial charge in [0.1, 0.15) is 10.3 Å². The molecule has 0 fully saturated rings. The van der Waals surface area contributed by atoms with Gasteiger partial charge in [-0.2, -0.15) is 5.10 Å². The Morgan fingerprint density at radius 2 is 2.32 bits per heavy atom. The minimum absolute atomic E-state index is 0.298. The molecule has 0 bridgehead atoms. The van der Waals surface area contributed by atoms with Crippen molar-refractivity contribution in [3.63, 3.8) is 0 Å². The van der Waals surface area contributed by atoms with Crippen molar-refractivity contribution >= 4 is 33.2 Å². The highest BCUT2D eigenvalue weighted by Gasteiger charge is 2.19. The lowest BCUT2D eigenvalue weighted by atomic mass is 10.3. The highest BCUT2D eigenvalue weighted by atomic mass is 79.9. The third-order valence-electron chi connectivity index (χ3n) is 2.70. The van der Waals surface area contributed by atoms with Crippen LogP contribution in [0.4, 0.5) is 11.4 Å². The molecule has 100 valence electrons. The van der Waals surface area contributed by atoms with Crippen LogP contribution >= 0.6 is 15.9 Å². The molecule has 2 rings (SSSR count). The molecule has 3 N–H and O–H groups in total. The van der Waals surface area contributed by atoms with Gasteiger partial charge in [0.15, 0.2) is 0 Å². The van der Waals surface area contributed by atoms with Crippen LogP contribution in [0.1, 0.15) is 23.1 Å². The number of aromatic nitrogens is 3. The van der Waals surface area contributed by atoms with E-state index in [1.807, 2.05) is 6.92 Å². The summed E-state index contributed by atoms with van der Waals surface area (Å²) < 4.78 is 2.16. The number of nitrogens with two attached hydrogens (primary N) is 1. The maximum atomic E-state index is 12.3. The van der Waals surface area contributed by atoms with E-state index in [2.05, 4.69) is 31.3 Å². The first kappa shape index (κ1) is 13.5. The van der Waals surface area contributed by atoms with Gasteiger partial charge in [0.25, 0.3) is 5.91 Å². The number of nitrogen functional groups attached to an aromatic ring is 1. The molecule has 1 amide bonds. The van der Waals surface area contributed by atoms with Crippen molar-refractivity contribution in [3.8, 4) is 0 Å². The van der Waals surface area contributed by atoms with E-state index < -0.39 is 0 Å². The Bertz CT molecular complexity index is 623. The van der Waals surface area contributed by atoms with Crippen LogP contribution in [0.2, 0.25) is 0 Å². The summed E-state index contributed by atoms with van der Waals surface area (Å²) >= 11 is 3.28. The normalized spacial score (nSPS) is 10.5. The molecule has 0 saturated carbocycles. The zero-order valence-corrected chi connectivity index (χ0v) is 12.2. The Hall–Kier alpha value is -1.89. The van der Waals surface area contributed by atoms with Crippen molar-refractivity contribution in [2.45, 2.75) is 20.4 Å². The molecule has 0 saturated heterocycles. The van der Waals surface area contributed by atoms with E-state index in [9.17, 15) is 4.79 Å². The lowest BCUT2D eigenvalue weighted by Crippen LogP contribution is -2.19. The second kappa shape index (κ2) is 5.40. The Morgan fingerprint density at radius 3 is 2.95 bits per heavy atom. The van der Waals surface area contributed by atoms with Crippen LogP contribution in [0.25, 0.3) is 0 Å². The molecule has 2 aromatic rings.